The molecule has 0 bridgehead atoms. The third kappa shape index (κ3) is 8.05. The molecule has 11 nitrogen and oxygen atoms in total. The van der Waals surface area contributed by atoms with Gasteiger partial charge in [0, 0.05) is 89.3 Å². The highest BCUT2D eigenvalue weighted by Gasteiger charge is 2.48. The Bertz CT molecular complexity index is 1840. The van der Waals surface area contributed by atoms with Crippen molar-refractivity contribution < 1.29 is 32.2 Å². The van der Waals surface area contributed by atoms with E-state index in [0.717, 1.165) is 10.6 Å². The van der Waals surface area contributed by atoms with Gasteiger partial charge < -0.3 is 29.4 Å². The largest absolute Gasteiger partial charge is 0.448 e. The number of fused-ring (bicyclic) bond motifs is 1. The molecule has 2 aromatic heterocycles. The first-order valence-electron chi connectivity index (χ1n) is 17.7. The van der Waals surface area contributed by atoms with Gasteiger partial charge in [-0.1, -0.05) is 0 Å². The number of hydrogen-bond donors (Lipinski definition) is 2. The molecule has 1 aromatic carbocycles. The fourth-order valence-electron chi connectivity index (χ4n) is 7.72. The average molecular weight is 745 g/mol. The Morgan fingerprint density at radius 2 is 1.71 bits per heavy atom. The van der Waals surface area contributed by atoms with Gasteiger partial charge in [0.15, 0.2) is 11.5 Å². The van der Waals surface area contributed by atoms with Crippen LogP contribution in [0.5, 0.6) is 11.5 Å². The molecule has 1 amide bonds. The molecule has 2 aliphatic heterocycles. The van der Waals surface area contributed by atoms with Crippen LogP contribution in [-0.2, 0) is 11.3 Å². The molecule has 52 heavy (non-hydrogen) atoms. The van der Waals surface area contributed by atoms with E-state index in [2.05, 4.69) is 15.2 Å². The van der Waals surface area contributed by atoms with E-state index < -0.39 is 24.4 Å². The Balaban J connectivity index is 1.30. The van der Waals surface area contributed by atoms with Crippen molar-refractivity contribution in [2.75, 3.05) is 37.8 Å². The van der Waals surface area contributed by atoms with Gasteiger partial charge in [-0.15, -0.1) is 11.8 Å². The number of nitrogens with one attached hydrogen (secondary N) is 2. The Hall–Kier alpha value is -3.82. The monoisotopic (exact) mass is 744 g/mol. The summed E-state index contributed by atoms with van der Waals surface area (Å²) in [5, 5.41) is 2.93. The minimum Gasteiger partial charge on any atom is -0.448 e. The molecule has 1 unspecified atom stereocenters. The number of rotatable bonds is 9. The predicted molar refractivity (Wildman–Crippen MR) is 193 cm³/mol. The van der Waals surface area contributed by atoms with Gasteiger partial charge >= 0.3 is 6.18 Å². The van der Waals surface area contributed by atoms with Crippen molar-refractivity contribution in [3.8, 4) is 22.6 Å². The highest BCUT2D eigenvalue weighted by atomic mass is 32.2. The summed E-state index contributed by atoms with van der Waals surface area (Å²) in [7, 11) is 1.52. The Kier molecular flexibility index (Phi) is 10.9. The molecule has 6 rings (SSSR count). The lowest BCUT2D eigenvalue weighted by molar-refractivity contribution is -0.153. The van der Waals surface area contributed by atoms with E-state index in [9.17, 15) is 22.8 Å². The standard InChI is InChI=1S/C37H47F3N6O5S/c1-20-12-30(52-7)29(34(48)44-20)16-41-33(47)27-13-28(24-14-42-35(43-15-24)46-17-21(2)49-22(3)18-46)32-31(23(27)4)50-36(5,51-32)25-8-10-26(11-9-25)45(6)19-37(38,39)40/h12-15,21-22,25-26H,8-11,16-19H2,1-7H3,(H,41,47)(H,44,48)/t21-,22+,25-,26-,36?. The molecular weight excluding hydrogens is 698 g/mol. The van der Waals surface area contributed by atoms with Gasteiger partial charge in [0.25, 0.3) is 17.3 Å². The number of alkyl halides is 3. The number of hydrogen-bond acceptors (Lipinski definition) is 10. The van der Waals surface area contributed by atoms with Crippen LogP contribution < -0.4 is 25.2 Å². The van der Waals surface area contributed by atoms with Crippen molar-refractivity contribution in [2.45, 2.75) is 102 Å². The molecule has 3 aromatic rings. The summed E-state index contributed by atoms with van der Waals surface area (Å²) in [6, 6.07) is 3.42. The van der Waals surface area contributed by atoms with Crippen molar-refractivity contribution >= 4 is 23.6 Å². The number of pyridine rings is 1. The molecule has 0 radical (unpaired) electrons. The molecule has 282 valence electrons. The van der Waals surface area contributed by atoms with Gasteiger partial charge in [-0.25, -0.2) is 9.97 Å². The molecule has 0 spiro atoms. The number of aromatic amines is 1. The van der Waals surface area contributed by atoms with E-state index in [1.54, 1.807) is 25.4 Å². The van der Waals surface area contributed by atoms with Crippen LogP contribution in [-0.4, -0.2) is 88.9 Å². The minimum atomic E-state index is -4.26. The molecule has 1 saturated carbocycles. The van der Waals surface area contributed by atoms with E-state index in [-0.39, 0.29) is 36.3 Å². The van der Waals surface area contributed by atoms with Gasteiger partial charge in [-0.05, 0) is 78.8 Å². The number of halogens is 3. The third-order valence-electron chi connectivity index (χ3n) is 10.4. The molecule has 3 aliphatic rings. The fraction of sp³-hybridized carbons (Fsp3) is 0.568. The van der Waals surface area contributed by atoms with Crippen molar-refractivity contribution in [1.82, 2.24) is 25.2 Å². The summed E-state index contributed by atoms with van der Waals surface area (Å²) in [4.78, 5) is 43.2. The molecule has 3 atom stereocenters. The maximum atomic E-state index is 13.9. The number of nitrogens with zero attached hydrogens (tertiary/aromatic N) is 4. The van der Waals surface area contributed by atoms with Gasteiger partial charge in [-0.3, -0.25) is 14.5 Å². The van der Waals surface area contributed by atoms with E-state index in [1.165, 1.54) is 23.7 Å². The normalized spacial score (nSPS) is 24.7. The molecule has 4 heterocycles. The van der Waals surface area contributed by atoms with E-state index in [1.807, 2.05) is 40.0 Å². The van der Waals surface area contributed by atoms with Crippen LogP contribution in [0.1, 0.15) is 73.6 Å². The number of anilines is 1. The maximum absolute atomic E-state index is 13.9. The Labute approximate surface area is 306 Å². The lowest BCUT2D eigenvalue weighted by Crippen LogP contribution is -2.48. The van der Waals surface area contributed by atoms with Gasteiger partial charge in [0.05, 0.1) is 18.8 Å². The molecule has 2 fully saturated rings. The summed E-state index contributed by atoms with van der Waals surface area (Å²) in [6.45, 7) is 9.86. The van der Waals surface area contributed by atoms with Crippen LogP contribution in [0, 0.1) is 19.8 Å². The zero-order valence-electron chi connectivity index (χ0n) is 30.6. The SMILES string of the molecule is CSc1cc(C)[nH]c(=O)c1CNC(=O)c1cc(-c2cnc(N3C[C@@H](C)O[C@@H](C)C3)nc2)c2c(c1C)OC(C)([C@H]1CC[C@H](N(C)CC(F)(F)F)CC1)O2. The summed E-state index contributed by atoms with van der Waals surface area (Å²) >= 11 is 1.43. The Morgan fingerprint density at radius 1 is 1.08 bits per heavy atom. The Morgan fingerprint density at radius 3 is 2.33 bits per heavy atom. The number of morpholine rings is 1. The number of carbonyl (C=O) groups is 1. The zero-order chi connectivity index (χ0) is 37.5. The summed E-state index contributed by atoms with van der Waals surface area (Å²) < 4.78 is 58.5. The van der Waals surface area contributed by atoms with Crippen molar-refractivity contribution in [1.29, 1.82) is 0 Å². The number of thioether (sulfide) groups is 1. The first-order valence-corrected chi connectivity index (χ1v) is 18.9. The first kappa shape index (κ1) is 37.9. The van der Waals surface area contributed by atoms with Crippen LogP contribution >= 0.6 is 11.8 Å². The number of benzene rings is 1. The molecule has 1 saturated heterocycles. The van der Waals surface area contributed by atoms with E-state index in [4.69, 9.17) is 24.2 Å². The number of amides is 1. The predicted octanol–water partition coefficient (Wildman–Crippen LogP) is 6.25. The average Bonchev–Trinajstić information content (AvgIpc) is 3.45. The fourth-order valence-corrected chi connectivity index (χ4v) is 8.42. The number of aryl methyl sites for hydroxylation is 1. The second-order valence-corrected chi connectivity index (χ2v) is 15.3. The maximum Gasteiger partial charge on any atom is 0.401 e. The number of ether oxygens (including phenoxy) is 3. The van der Waals surface area contributed by atoms with Crippen LogP contribution in [0.25, 0.3) is 11.1 Å². The van der Waals surface area contributed by atoms with Gasteiger partial charge in [0.1, 0.15) is 0 Å². The lowest BCUT2D eigenvalue weighted by Gasteiger charge is -2.40. The van der Waals surface area contributed by atoms with E-state index >= 15 is 0 Å². The van der Waals surface area contributed by atoms with Crippen LogP contribution in [0.15, 0.2) is 34.2 Å². The second kappa shape index (κ2) is 14.9. The number of carbonyl (C=O) groups excluding carboxylic acids is 1. The summed E-state index contributed by atoms with van der Waals surface area (Å²) in [5.41, 5.74) is 3.03. The number of H-pyrrole nitrogens is 1. The summed E-state index contributed by atoms with van der Waals surface area (Å²) in [6.07, 6.45) is 3.44. The minimum absolute atomic E-state index is 0.0196. The molecule has 15 heteroatoms. The second-order valence-electron chi connectivity index (χ2n) is 14.5. The number of aromatic nitrogens is 3. The smallest absolute Gasteiger partial charge is 0.401 e. The van der Waals surface area contributed by atoms with Crippen LogP contribution in [0.2, 0.25) is 0 Å². The lowest BCUT2D eigenvalue weighted by atomic mass is 9.81. The quantitative estimate of drug-likeness (QED) is 0.243. The van der Waals surface area contributed by atoms with Crippen molar-refractivity contribution in [3.63, 3.8) is 0 Å². The topological polar surface area (TPSA) is 122 Å². The summed E-state index contributed by atoms with van der Waals surface area (Å²) in [5.74, 6) is -0.185. The van der Waals surface area contributed by atoms with Crippen LogP contribution in [0.4, 0.5) is 19.1 Å². The first-order chi connectivity index (χ1) is 24.5. The molecule has 1 aliphatic carbocycles. The van der Waals surface area contributed by atoms with Crippen LogP contribution in [0.3, 0.4) is 0 Å². The highest BCUT2D eigenvalue weighted by Crippen LogP contribution is 2.53. The molecule has 2 N–H and O–H groups in total. The van der Waals surface area contributed by atoms with Gasteiger partial charge in [0.2, 0.25) is 5.95 Å². The van der Waals surface area contributed by atoms with Crippen molar-refractivity contribution in [2.24, 2.45) is 5.92 Å². The van der Waals surface area contributed by atoms with E-state index in [0.29, 0.717) is 84.0 Å². The molecular formula is C37H47F3N6O5S. The van der Waals surface area contributed by atoms with Gasteiger partial charge in [-0.2, -0.15) is 13.2 Å². The zero-order valence-corrected chi connectivity index (χ0v) is 31.5. The van der Waals surface area contributed by atoms with Crippen molar-refractivity contribution in [3.05, 3.63) is 57.3 Å². The third-order valence-corrected chi connectivity index (χ3v) is 11.2. The highest BCUT2D eigenvalue weighted by molar-refractivity contribution is 7.98.